The van der Waals surface area contributed by atoms with E-state index in [1.54, 1.807) is 0 Å². The average molecular weight is 289 g/mol. The molecule has 0 bridgehead atoms. The lowest BCUT2D eigenvalue weighted by molar-refractivity contribution is 0.0735. The van der Waals surface area contributed by atoms with Crippen molar-refractivity contribution < 1.29 is 4.79 Å². The van der Waals surface area contributed by atoms with Crippen LogP contribution in [0.2, 0.25) is 0 Å². The Kier molecular flexibility index (Phi) is 5.48. The van der Waals surface area contributed by atoms with Crippen molar-refractivity contribution in [1.82, 2.24) is 4.90 Å². The molecule has 1 heterocycles. The fourth-order valence-electron chi connectivity index (χ4n) is 2.77. The summed E-state index contributed by atoms with van der Waals surface area (Å²) in [6.45, 7) is 9.88. The number of anilines is 2. The van der Waals surface area contributed by atoms with Gasteiger partial charge in [-0.05, 0) is 31.0 Å². The summed E-state index contributed by atoms with van der Waals surface area (Å²) in [5.74, 6) is 0.728. The second-order valence-electron chi connectivity index (χ2n) is 5.64. The van der Waals surface area contributed by atoms with Crippen LogP contribution in [0.25, 0.3) is 0 Å². The molecule has 0 saturated heterocycles. The van der Waals surface area contributed by atoms with E-state index in [9.17, 15) is 4.79 Å². The molecule has 4 nitrogen and oxygen atoms in total. The molecule has 0 aromatic heterocycles. The van der Waals surface area contributed by atoms with E-state index in [0.717, 1.165) is 56.0 Å². The smallest absolute Gasteiger partial charge is 0.253 e. The van der Waals surface area contributed by atoms with Gasteiger partial charge in [0, 0.05) is 31.7 Å². The van der Waals surface area contributed by atoms with Crippen molar-refractivity contribution in [1.29, 1.82) is 0 Å². The van der Waals surface area contributed by atoms with Gasteiger partial charge in [0.2, 0.25) is 0 Å². The van der Waals surface area contributed by atoms with Crippen LogP contribution in [0.3, 0.4) is 0 Å². The van der Waals surface area contributed by atoms with Crippen LogP contribution in [-0.2, 0) is 0 Å². The van der Waals surface area contributed by atoms with Crippen LogP contribution >= 0.6 is 0 Å². The van der Waals surface area contributed by atoms with E-state index in [0.29, 0.717) is 5.92 Å². The second-order valence-corrected chi connectivity index (χ2v) is 5.64. The maximum atomic E-state index is 12.7. The summed E-state index contributed by atoms with van der Waals surface area (Å²) in [6, 6.07) is 5.90. The Morgan fingerprint density at radius 1 is 1.14 bits per heavy atom. The molecule has 2 rings (SSSR count). The summed E-state index contributed by atoms with van der Waals surface area (Å²) in [5.41, 5.74) is 2.89. The number of rotatable bonds is 6. The van der Waals surface area contributed by atoms with Crippen molar-refractivity contribution in [3.8, 4) is 0 Å². The number of amides is 1. The highest BCUT2D eigenvalue weighted by molar-refractivity contribution is 5.96. The summed E-state index contributed by atoms with van der Waals surface area (Å²) < 4.78 is 0. The minimum Gasteiger partial charge on any atom is -0.382 e. The summed E-state index contributed by atoms with van der Waals surface area (Å²) in [5, 5.41) is 6.68. The molecule has 1 aliphatic rings. The van der Waals surface area contributed by atoms with E-state index >= 15 is 0 Å². The zero-order valence-corrected chi connectivity index (χ0v) is 13.4. The van der Waals surface area contributed by atoms with E-state index in [4.69, 9.17) is 0 Å². The molecule has 0 saturated carbocycles. The second kappa shape index (κ2) is 7.34. The Bertz CT molecular complexity index is 483. The van der Waals surface area contributed by atoms with Gasteiger partial charge in [0.05, 0.1) is 11.4 Å². The number of nitrogens with one attached hydrogen (secondary N) is 2. The molecule has 0 unspecified atom stereocenters. The van der Waals surface area contributed by atoms with E-state index < -0.39 is 0 Å². The maximum Gasteiger partial charge on any atom is 0.253 e. The summed E-state index contributed by atoms with van der Waals surface area (Å²) in [7, 11) is 0. The summed E-state index contributed by atoms with van der Waals surface area (Å²) in [6.07, 6.45) is 2.24. The fraction of sp³-hybridized carbons (Fsp3) is 0.588. The Morgan fingerprint density at radius 2 is 1.81 bits per heavy atom. The van der Waals surface area contributed by atoms with Gasteiger partial charge in [-0.25, -0.2) is 0 Å². The molecule has 0 radical (unpaired) electrons. The SMILES string of the molecule is CCC(CC)CN(CC)C(=O)c1ccc2c(c1)NCCN2. The average Bonchev–Trinajstić information content (AvgIpc) is 2.55. The molecule has 4 heteroatoms. The van der Waals surface area contributed by atoms with Crippen molar-refractivity contribution in [3.05, 3.63) is 23.8 Å². The number of hydrogen-bond donors (Lipinski definition) is 2. The molecular formula is C17H27N3O. The van der Waals surface area contributed by atoms with Gasteiger partial charge in [0.1, 0.15) is 0 Å². The molecule has 1 aromatic rings. The monoisotopic (exact) mass is 289 g/mol. The Morgan fingerprint density at radius 3 is 2.43 bits per heavy atom. The molecule has 0 fully saturated rings. The van der Waals surface area contributed by atoms with Crippen LogP contribution in [0.4, 0.5) is 11.4 Å². The third-order valence-corrected chi connectivity index (χ3v) is 4.32. The highest BCUT2D eigenvalue weighted by atomic mass is 16.2. The first-order valence-corrected chi connectivity index (χ1v) is 8.10. The summed E-state index contributed by atoms with van der Waals surface area (Å²) >= 11 is 0. The predicted octanol–water partition coefficient (Wildman–Crippen LogP) is 3.42. The largest absolute Gasteiger partial charge is 0.382 e. The van der Waals surface area contributed by atoms with Gasteiger partial charge in [-0.15, -0.1) is 0 Å². The minimum atomic E-state index is 0.138. The molecule has 1 amide bonds. The van der Waals surface area contributed by atoms with Crippen molar-refractivity contribution in [2.75, 3.05) is 36.8 Å². The number of carbonyl (C=O) groups is 1. The lowest BCUT2D eigenvalue weighted by Crippen LogP contribution is -2.35. The van der Waals surface area contributed by atoms with Crippen LogP contribution in [-0.4, -0.2) is 37.0 Å². The third-order valence-electron chi connectivity index (χ3n) is 4.32. The van der Waals surface area contributed by atoms with Crippen molar-refractivity contribution in [3.63, 3.8) is 0 Å². The fourth-order valence-corrected chi connectivity index (χ4v) is 2.77. The summed E-state index contributed by atoms with van der Waals surface area (Å²) in [4.78, 5) is 14.7. The van der Waals surface area contributed by atoms with Gasteiger partial charge in [-0.1, -0.05) is 26.7 Å². The van der Waals surface area contributed by atoms with Gasteiger partial charge in [0.25, 0.3) is 5.91 Å². The number of carbonyl (C=O) groups excluding carboxylic acids is 1. The van der Waals surface area contributed by atoms with Gasteiger partial charge in [-0.2, -0.15) is 0 Å². The number of nitrogens with zero attached hydrogens (tertiary/aromatic N) is 1. The Hall–Kier alpha value is -1.71. The molecule has 116 valence electrons. The quantitative estimate of drug-likeness (QED) is 0.843. The van der Waals surface area contributed by atoms with Crippen LogP contribution in [0.15, 0.2) is 18.2 Å². The normalized spacial score (nSPS) is 13.3. The topological polar surface area (TPSA) is 44.4 Å². The molecule has 2 N–H and O–H groups in total. The zero-order valence-electron chi connectivity index (χ0n) is 13.4. The number of fused-ring (bicyclic) bond motifs is 1. The highest BCUT2D eigenvalue weighted by Gasteiger charge is 2.19. The van der Waals surface area contributed by atoms with Gasteiger partial charge in [0.15, 0.2) is 0 Å². The van der Waals surface area contributed by atoms with Crippen LogP contribution in [0.5, 0.6) is 0 Å². The molecule has 0 spiro atoms. The van der Waals surface area contributed by atoms with Gasteiger partial charge in [-0.3, -0.25) is 4.79 Å². The maximum absolute atomic E-state index is 12.7. The lowest BCUT2D eigenvalue weighted by Gasteiger charge is -2.26. The Labute approximate surface area is 127 Å². The van der Waals surface area contributed by atoms with Crippen LogP contribution in [0, 0.1) is 5.92 Å². The first-order chi connectivity index (χ1) is 10.2. The molecule has 21 heavy (non-hydrogen) atoms. The number of benzene rings is 1. The molecular weight excluding hydrogens is 262 g/mol. The zero-order chi connectivity index (χ0) is 15.2. The standard InChI is InChI=1S/C17H27N3O/c1-4-13(5-2)12-20(6-3)17(21)14-7-8-15-16(11-14)19-10-9-18-15/h7-8,11,13,18-19H,4-6,9-10,12H2,1-3H3. The van der Waals surface area contributed by atoms with Crippen molar-refractivity contribution in [2.24, 2.45) is 5.92 Å². The van der Waals surface area contributed by atoms with E-state index in [1.807, 2.05) is 23.1 Å². The van der Waals surface area contributed by atoms with Crippen LogP contribution in [0.1, 0.15) is 44.0 Å². The molecule has 0 aliphatic carbocycles. The minimum absolute atomic E-state index is 0.138. The van der Waals surface area contributed by atoms with Crippen molar-refractivity contribution in [2.45, 2.75) is 33.6 Å². The van der Waals surface area contributed by atoms with E-state index in [2.05, 4.69) is 31.4 Å². The third kappa shape index (κ3) is 3.69. The molecule has 1 aromatic carbocycles. The first-order valence-electron chi connectivity index (χ1n) is 8.10. The lowest BCUT2D eigenvalue weighted by atomic mass is 10.0. The van der Waals surface area contributed by atoms with Gasteiger partial charge < -0.3 is 15.5 Å². The van der Waals surface area contributed by atoms with Gasteiger partial charge >= 0.3 is 0 Å². The Balaban J connectivity index is 2.13. The highest BCUT2D eigenvalue weighted by Crippen LogP contribution is 2.26. The number of hydrogen-bond acceptors (Lipinski definition) is 3. The molecule has 1 aliphatic heterocycles. The first kappa shape index (κ1) is 15.7. The van der Waals surface area contributed by atoms with E-state index in [-0.39, 0.29) is 5.91 Å². The predicted molar refractivity (Wildman–Crippen MR) is 89.1 cm³/mol. The van der Waals surface area contributed by atoms with Crippen LogP contribution < -0.4 is 10.6 Å². The molecule has 0 atom stereocenters. The van der Waals surface area contributed by atoms with Crippen molar-refractivity contribution >= 4 is 17.3 Å². The van der Waals surface area contributed by atoms with E-state index in [1.165, 1.54) is 0 Å².